The first-order valence-electron chi connectivity index (χ1n) is 9.45. The molecule has 0 spiro atoms. The van der Waals surface area contributed by atoms with Crippen molar-refractivity contribution in [3.05, 3.63) is 30.5 Å². The van der Waals surface area contributed by atoms with Gasteiger partial charge in [0, 0.05) is 48.0 Å². The van der Waals surface area contributed by atoms with Crippen molar-refractivity contribution in [2.24, 2.45) is 0 Å². The van der Waals surface area contributed by atoms with E-state index in [-0.39, 0.29) is 11.5 Å². The third kappa shape index (κ3) is 8.05. The molecule has 0 unspecified atom stereocenters. The van der Waals surface area contributed by atoms with E-state index >= 15 is 0 Å². The Balaban J connectivity index is 0.000000396. The molecule has 0 saturated carbocycles. The van der Waals surface area contributed by atoms with Gasteiger partial charge in [-0.3, -0.25) is 4.79 Å². The predicted octanol–water partition coefficient (Wildman–Crippen LogP) is 1.41. The van der Waals surface area contributed by atoms with Crippen LogP contribution in [0.15, 0.2) is 35.4 Å². The number of carbonyl (C=O) groups excluding carboxylic acids is 1. The molecule has 3 rings (SSSR count). The van der Waals surface area contributed by atoms with Gasteiger partial charge >= 0.3 is 6.16 Å². The van der Waals surface area contributed by atoms with Crippen molar-refractivity contribution in [1.29, 1.82) is 0 Å². The Hall–Kier alpha value is -1.95. The zero-order valence-corrected chi connectivity index (χ0v) is 18.4. The van der Waals surface area contributed by atoms with Crippen LogP contribution in [0, 0.1) is 0 Å². The van der Waals surface area contributed by atoms with E-state index in [1.54, 1.807) is 18.0 Å². The summed E-state index contributed by atoms with van der Waals surface area (Å²) in [6.45, 7) is 9.91. The number of hydrogen-bond acceptors (Lipinski definition) is 10. The molecular formula is C20H29N3O6S. The lowest BCUT2D eigenvalue weighted by atomic mass is 10.2. The number of aliphatic hydroxyl groups is 3. The van der Waals surface area contributed by atoms with Gasteiger partial charge in [-0.15, -0.1) is 0 Å². The van der Waals surface area contributed by atoms with Crippen LogP contribution in [0.1, 0.15) is 20.8 Å². The first-order chi connectivity index (χ1) is 14.0. The van der Waals surface area contributed by atoms with Crippen molar-refractivity contribution in [2.75, 3.05) is 33.2 Å². The molecule has 0 amide bonds. The third-order valence-electron chi connectivity index (χ3n) is 4.05. The number of piperazine rings is 1. The highest BCUT2D eigenvalue weighted by molar-refractivity contribution is 7.97. The lowest BCUT2D eigenvalue weighted by Crippen LogP contribution is -2.40. The molecule has 30 heavy (non-hydrogen) atoms. The van der Waals surface area contributed by atoms with Crippen LogP contribution >= 0.6 is 11.9 Å². The van der Waals surface area contributed by atoms with Crippen LogP contribution in [0.5, 0.6) is 5.88 Å². The van der Waals surface area contributed by atoms with Gasteiger partial charge in [0.1, 0.15) is 5.60 Å². The van der Waals surface area contributed by atoms with Crippen molar-refractivity contribution >= 4 is 29.2 Å². The highest BCUT2D eigenvalue weighted by Crippen LogP contribution is 2.34. The summed E-state index contributed by atoms with van der Waals surface area (Å²) in [6.07, 6.45) is -1.74. The molecule has 1 fully saturated rings. The molecule has 10 heteroatoms. The van der Waals surface area contributed by atoms with Gasteiger partial charge in [0.25, 0.3) is 6.47 Å². The van der Waals surface area contributed by atoms with Crippen LogP contribution in [0.4, 0.5) is 0 Å². The van der Waals surface area contributed by atoms with E-state index in [2.05, 4.69) is 26.0 Å². The van der Waals surface area contributed by atoms with Crippen molar-refractivity contribution in [1.82, 2.24) is 14.2 Å². The Morgan fingerprint density at radius 2 is 1.73 bits per heavy atom. The Bertz CT molecular complexity index is 829. The Labute approximate surface area is 180 Å². The molecule has 0 bridgehead atoms. The van der Waals surface area contributed by atoms with E-state index in [1.165, 1.54) is 6.20 Å². The quantitative estimate of drug-likeness (QED) is 0.359. The summed E-state index contributed by atoms with van der Waals surface area (Å²) >= 11 is 1.66. The minimum Gasteiger partial charge on any atom is -0.462 e. The molecule has 2 aromatic rings. The van der Waals surface area contributed by atoms with Crippen LogP contribution in [-0.2, 0) is 9.53 Å². The number of benzene rings is 1. The maximum atomic E-state index is 9.60. The fraction of sp³-hybridized carbons (Fsp3) is 0.500. The molecule has 1 saturated heterocycles. The van der Waals surface area contributed by atoms with Crippen LogP contribution < -0.4 is 4.74 Å². The van der Waals surface area contributed by atoms with Crippen molar-refractivity contribution in [2.45, 2.75) is 37.4 Å². The van der Waals surface area contributed by atoms with Crippen molar-refractivity contribution in [3.8, 4) is 5.88 Å². The van der Waals surface area contributed by atoms with E-state index < -0.39 is 6.16 Å². The number of carbonyl (C=O) groups is 1. The fourth-order valence-corrected chi connectivity index (χ4v) is 3.64. The standard InChI is InChI=1S/C15H19N3O4S.C5H10O2/c1-17-7-9-18(10-8-17)23-13-4-2-3-12-11(13)5-6-16-14(12)22-15(19,20)21;1-5(2,3)7-4-6/h2-6,19-21H,7-10H2,1H3;4H,1-3H3. The number of fused-ring (bicyclic) bond motifs is 1. The summed E-state index contributed by atoms with van der Waals surface area (Å²) in [5.74, 6) is -0.0316. The largest absolute Gasteiger partial charge is 0.462 e. The summed E-state index contributed by atoms with van der Waals surface area (Å²) < 4.78 is 11.5. The van der Waals surface area contributed by atoms with Crippen molar-refractivity contribution < 1.29 is 29.6 Å². The molecule has 0 radical (unpaired) electrons. The van der Waals surface area contributed by atoms with Gasteiger partial charge in [-0.05, 0) is 58.0 Å². The molecule has 9 nitrogen and oxygen atoms in total. The van der Waals surface area contributed by atoms with E-state index in [9.17, 15) is 4.79 Å². The number of pyridine rings is 1. The molecule has 0 atom stereocenters. The fourth-order valence-electron chi connectivity index (χ4n) is 2.60. The number of ether oxygens (including phenoxy) is 2. The van der Waals surface area contributed by atoms with E-state index in [0.29, 0.717) is 11.9 Å². The molecule has 1 aromatic carbocycles. The zero-order valence-electron chi connectivity index (χ0n) is 17.6. The average Bonchev–Trinajstić information content (AvgIpc) is 2.63. The highest BCUT2D eigenvalue weighted by atomic mass is 32.2. The summed E-state index contributed by atoms with van der Waals surface area (Å²) in [7, 11) is 2.11. The van der Waals surface area contributed by atoms with E-state index in [1.807, 2.05) is 39.0 Å². The van der Waals surface area contributed by atoms with Crippen molar-refractivity contribution in [3.63, 3.8) is 0 Å². The molecule has 166 valence electrons. The number of aromatic nitrogens is 1. The lowest BCUT2D eigenvalue weighted by molar-refractivity contribution is -0.420. The van der Waals surface area contributed by atoms with Gasteiger partial charge in [-0.2, -0.15) is 0 Å². The average molecular weight is 440 g/mol. The van der Waals surface area contributed by atoms with Gasteiger partial charge < -0.3 is 29.7 Å². The molecular weight excluding hydrogens is 410 g/mol. The molecule has 1 aliphatic rings. The third-order valence-corrected chi connectivity index (χ3v) is 5.23. The predicted molar refractivity (Wildman–Crippen MR) is 114 cm³/mol. The second-order valence-electron chi connectivity index (χ2n) is 7.79. The molecule has 0 aliphatic carbocycles. The maximum absolute atomic E-state index is 9.60. The summed E-state index contributed by atoms with van der Waals surface area (Å²) in [5, 5.41) is 28.5. The number of nitrogens with zero attached hydrogens (tertiary/aromatic N) is 3. The molecule has 3 N–H and O–H groups in total. The normalized spacial score (nSPS) is 16.0. The van der Waals surface area contributed by atoms with Crippen LogP contribution in [-0.4, -0.2) is 81.0 Å². The molecule has 1 aliphatic heterocycles. The number of rotatable bonds is 5. The highest BCUT2D eigenvalue weighted by Gasteiger charge is 2.24. The minimum absolute atomic E-state index is 0.0316. The number of likely N-dealkylation sites (N-methyl/N-ethyl adjacent to an activating group) is 1. The van der Waals surface area contributed by atoms with E-state index in [4.69, 9.17) is 20.1 Å². The van der Waals surface area contributed by atoms with Crippen LogP contribution in [0.3, 0.4) is 0 Å². The zero-order chi connectivity index (χ0) is 22.4. The molecule has 1 aromatic heterocycles. The minimum atomic E-state index is -3.25. The van der Waals surface area contributed by atoms with Gasteiger partial charge in [-0.25, -0.2) is 9.29 Å². The first kappa shape index (κ1) is 24.3. The van der Waals surface area contributed by atoms with E-state index in [0.717, 1.165) is 36.5 Å². The lowest BCUT2D eigenvalue weighted by Gasteiger charge is -2.31. The smallest absolute Gasteiger partial charge is 0.454 e. The SMILES string of the molecule is CC(C)(C)OC=O.CN1CCN(Sc2cccc3c(OC(O)(O)O)nccc23)CC1. The summed E-state index contributed by atoms with van der Waals surface area (Å²) in [5.41, 5.74) is -0.318. The Morgan fingerprint density at radius 3 is 2.27 bits per heavy atom. The van der Waals surface area contributed by atoms with Gasteiger partial charge in [0.15, 0.2) is 0 Å². The summed E-state index contributed by atoms with van der Waals surface area (Å²) in [4.78, 5) is 16.9. The molecule has 2 heterocycles. The monoisotopic (exact) mass is 439 g/mol. The van der Waals surface area contributed by atoms with Crippen LogP contribution in [0.2, 0.25) is 0 Å². The van der Waals surface area contributed by atoms with Crippen LogP contribution in [0.25, 0.3) is 10.8 Å². The van der Waals surface area contributed by atoms with Gasteiger partial charge in [0.2, 0.25) is 5.88 Å². The Kier molecular flexibility index (Phi) is 8.42. The Morgan fingerprint density at radius 1 is 1.07 bits per heavy atom. The first-order valence-corrected chi connectivity index (χ1v) is 10.2. The van der Waals surface area contributed by atoms with Gasteiger partial charge in [-0.1, -0.05) is 6.07 Å². The second-order valence-corrected chi connectivity index (χ2v) is 8.93. The maximum Gasteiger partial charge on any atom is 0.454 e. The summed E-state index contributed by atoms with van der Waals surface area (Å²) in [6, 6.07) is 7.45. The number of hydrogen-bond donors (Lipinski definition) is 3. The topological polar surface area (TPSA) is 116 Å². The van der Waals surface area contributed by atoms with Gasteiger partial charge in [0.05, 0.1) is 0 Å². The second kappa shape index (κ2) is 10.4.